The van der Waals surface area contributed by atoms with Crippen LogP contribution in [0.5, 0.6) is 0 Å². The van der Waals surface area contributed by atoms with Crippen molar-refractivity contribution >= 4 is 33.3 Å². The molecule has 9 nitrogen and oxygen atoms in total. The van der Waals surface area contributed by atoms with E-state index in [4.69, 9.17) is 0 Å². The predicted octanol–water partition coefficient (Wildman–Crippen LogP) is 1.38. The quantitative estimate of drug-likeness (QED) is 0.736. The summed E-state index contributed by atoms with van der Waals surface area (Å²) >= 11 is 0. The topological polar surface area (TPSA) is 98.7 Å². The Morgan fingerprint density at radius 1 is 1.10 bits per heavy atom. The molecule has 3 rings (SSSR count). The van der Waals surface area contributed by atoms with Crippen molar-refractivity contribution in [2.24, 2.45) is 0 Å². The fourth-order valence-electron chi connectivity index (χ4n) is 3.16. The molecule has 1 amide bonds. The standard InChI is InChI=1S/C20H28N6O3S/c1-15-5-7-17(8-6-15)23-18-13-19(22-16(2)21-18)25-9-11-26(12-10-25)20(27)14-24(3)30(4,28)29/h5-8,13H,9-12,14H2,1-4H3,(H,21,22,23). The second-order valence-corrected chi connectivity index (χ2v) is 9.63. The maximum absolute atomic E-state index is 12.4. The van der Waals surface area contributed by atoms with Crippen molar-refractivity contribution in [1.82, 2.24) is 19.2 Å². The number of sulfonamides is 1. The summed E-state index contributed by atoms with van der Waals surface area (Å²) in [6, 6.07) is 9.99. The number of hydrogen-bond donors (Lipinski definition) is 1. The van der Waals surface area contributed by atoms with Crippen LogP contribution in [0.3, 0.4) is 0 Å². The third-order valence-corrected chi connectivity index (χ3v) is 6.29. The first-order valence-electron chi connectivity index (χ1n) is 9.75. The van der Waals surface area contributed by atoms with Gasteiger partial charge in [0.1, 0.15) is 17.5 Å². The third kappa shape index (κ3) is 5.67. The van der Waals surface area contributed by atoms with Gasteiger partial charge in [-0.2, -0.15) is 4.31 Å². The van der Waals surface area contributed by atoms with E-state index in [1.54, 1.807) is 4.90 Å². The van der Waals surface area contributed by atoms with Crippen LogP contribution >= 0.6 is 0 Å². The van der Waals surface area contributed by atoms with Gasteiger partial charge in [-0.15, -0.1) is 0 Å². The van der Waals surface area contributed by atoms with Gasteiger partial charge in [-0.3, -0.25) is 4.79 Å². The second-order valence-electron chi connectivity index (χ2n) is 7.54. The van der Waals surface area contributed by atoms with Crippen LogP contribution in [0, 0.1) is 13.8 Å². The number of nitrogens with zero attached hydrogens (tertiary/aromatic N) is 5. The number of carbonyl (C=O) groups excluding carboxylic acids is 1. The van der Waals surface area contributed by atoms with Crippen molar-refractivity contribution in [1.29, 1.82) is 0 Å². The van der Waals surface area contributed by atoms with Crippen LogP contribution in [0.25, 0.3) is 0 Å². The maximum atomic E-state index is 12.4. The molecule has 0 unspecified atom stereocenters. The molecule has 1 fully saturated rings. The van der Waals surface area contributed by atoms with E-state index in [0.717, 1.165) is 27.9 Å². The summed E-state index contributed by atoms with van der Waals surface area (Å²) in [6.07, 6.45) is 1.10. The van der Waals surface area contributed by atoms with Gasteiger partial charge < -0.3 is 15.1 Å². The Balaban J connectivity index is 1.63. The minimum atomic E-state index is -3.38. The number of likely N-dealkylation sites (N-methyl/N-ethyl adjacent to an activating group) is 1. The number of aryl methyl sites for hydroxylation is 2. The number of benzene rings is 1. The molecule has 1 N–H and O–H groups in total. The molecule has 1 saturated heterocycles. The van der Waals surface area contributed by atoms with Crippen molar-refractivity contribution in [3.8, 4) is 0 Å². The van der Waals surface area contributed by atoms with Crippen LogP contribution in [-0.4, -0.2) is 79.5 Å². The van der Waals surface area contributed by atoms with E-state index in [-0.39, 0.29) is 12.5 Å². The molecule has 0 bridgehead atoms. The van der Waals surface area contributed by atoms with Crippen LogP contribution < -0.4 is 10.2 Å². The number of hydrogen-bond acceptors (Lipinski definition) is 7. The van der Waals surface area contributed by atoms with Crippen molar-refractivity contribution in [2.45, 2.75) is 13.8 Å². The van der Waals surface area contributed by atoms with Gasteiger partial charge in [0.15, 0.2) is 0 Å². The molecule has 0 saturated carbocycles. The summed E-state index contributed by atoms with van der Waals surface area (Å²) in [5.41, 5.74) is 2.14. The van der Waals surface area contributed by atoms with Gasteiger partial charge in [0.25, 0.3) is 0 Å². The zero-order valence-electron chi connectivity index (χ0n) is 17.8. The zero-order valence-corrected chi connectivity index (χ0v) is 18.6. The zero-order chi connectivity index (χ0) is 21.9. The highest BCUT2D eigenvalue weighted by atomic mass is 32.2. The maximum Gasteiger partial charge on any atom is 0.238 e. The molecule has 162 valence electrons. The van der Waals surface area contributed by atoms with E-state index in [0.29, 0.717) is 32.0 Å². The van der Waals surface area contributed by atoms with Crippen molar-refractivity contribution in [2.75, 3.05) is 56.2 Å². The summed E-state index contributed by atoms with van der Waals surface area (Å²) in [5.74, 6) is 1.99. The highest BCUT2D eigenvalue weighted by Crippen LogP contribution is 2.21. The molecule has 1 aromatic heterocycles. The van der Waals surface area contributed by atoms with E-state index >= 15 is 0 Å². The monoisotopic (exact) mass is 432 g/mol. The molecule has 0 radical (unpaired) electrons. The number of aromatic nitrogens is 2. The Kier molecular flexibility index (Phi) is 6.57. The molecule has 0 spiro atoms. The molecular weight excluding hydrogens is 404 g/mol. The molecule has 2 heterocycles. The third-order valence-electron chi connectivity index (χ3n) is 5.03. The summed E-state index contributed by atoms with van der Waals surface area (Å²) in [7, 11) is -1.96. The van der Waals surface area contributed by atoms with Crippen LogP contribution in [0.4, 0.5) is 17.3 Å². The average Bonchev–Trinajstić information content (AvgIpc) is 2.68. The Hall–Kier alpha value is -2.72. The fraction of sp³-hybridized carbons (Fsp3) is 0.450. The number of nitrogens with one attached hydrogen (secondary N) is 1. The summed E-state index contributed by atoms with van der Waals surface area (Å²) in [6.45, 7) is 6.02. The lowest BCUT2D eigenvalue weighted by Crippen LogP contribution is -2.51. The fourth-order valence-corrected chi connectivity index (χ4v) is 3.50. The molecule has 0 atom stereocenters. The molecule has 1 aromatic carbocycles. The number of rotatable bonds is 6. The molecule has 1 aliphatic heterocycles. The summed E-state index contributed by atoms with van der Waals surface area (Å²) in [5, 5.41) is 3.31. The second kappa shape index (κ2) is 8.97. The van der Waals surface area contributed by atoms with Crippen LogP contribution in [0.1, 0.15) is 11.4 Å². The van der Waals surface area contributed by atoms with E-state index < -0.39 is 10.0 Å². The Morgan fingerprint density at radius 2 is 1.73 bits per heavy atom. The molecule has 0 aliphatic carbocycles. The summed E-state index contributed by atoms with van der Waals surface area (Å²) < 4.78 is 24.1. The Bertz CT molecular complexity index is 1000. The predicted molar refractivity (Wildman–Crippen MR) is 117 cm³/mol. The van der Waals surface area contributed by atoms with Gasteiger partial charge in [0.05, 0.1) is 12.8 Å². The Labute approximate surface area is 177 Å². The lowest BCUT2D eigenvalue weighted by Gasteiger charge is -2.36. The van der Waals surface area contributed by atoms with Crippen molar-refractivity contribution < 1.29 is 13.2 Å². The number of piperazine rings is 1. The number of carbonyl (C=O) groups is 1. The van der Waals surface area contributed by atoms with Gasteiger partial charge in [0, 0.05) is 45.0 Å². The lowest BCUT2D eigenvalue weighted by atomic mass is 10.2. The SMILES string of the molecule is Cc1ccc(Nc2cc(N3CCN(C(=O)CN(C)S(C)(=O)=O)CC3)nc(C)n2)cc1. The number of amides is 1. The Morgan fingerprint density at radius 3 is 2.33 bits per heavy atom. The largest absolute Gasteiger partial charge is 0.353 e. The van der Waals surface area contributed by atoms with Gasteiger partial charge in [0.2, 0.25) is 15.9 Å². The van der Waals surface area contributed by atoms with Gasteiger partial charge in [-0.25, -0.2) is 18.4 Å². The summed E-state index contributed by atoms with van der Waals surface area (Å²) in [4.78, 5) is 25.2. The first kappa shape index (κ1) is 22.0. The van der Waals surface area contributed by atoms with Crippen molar-refractivity contribution in [3.63, 3.8) is 0 Å². The first-order chi connectivity index (χ1) is 14.1. The molecule has 30 heavy (non-hydrogen) atoms. The van der Waals surface area contributed by atoms with Crippen LogP contribution in [0.15, 0.2) is 30.3 Å². The van der Waals surface area contributed by atoms with E-state index in [1.165, 1.54) is 12.6 Å². The van der Waals surface area contributed by atoms with Crippen LogP contribution in [0.2, 0.25) is 0 Å². The van der Waals surface area contributed by atoms with E-state index in [1.807, 2.05) is 44.2 Å². The normalized spacial score (nSPS) is 14.8. The van der Waals surface area contributed by atoms with Gasteiger partial charge in [-0.05, 0) is 26.0 Å². The molecular formula is C20H28N6O3S. The molecule has 2 aromatic rings. The average molecular weight is 433 g/mol. The first-order valence-corrected chi connectivity index (χ1v) is 11.6. The minimum Gasteiger partial charge on any atom is -0.353 e. The van der Waals surface area contributed by atoms with Gasteiger partial charge in [-0.1, -0.05) is 17.7 Å². The minimum absolute atomic E-state index is 0.143. The van der Waals surface area contributed by atoms with Crippen LogP contribution in [-0.2, 0) is 14.8 Å². The number of anilines is 3. The molecule has 1 aliphatic rings. The van der Waals surface area contributed by atoms with E-state index in [2.05, 4.69) is 20.2 Å². The van der Waals surface area contributed by atoms with Gasteiger partial charge >= 0.3 is 0 Å². The van der Waals surface area contributed by atoms with E-state index in [9.17, 15) is 13.2 Å². The lowest BCUT2D eigenvalue weighted by molar-refractivity contribution is -0.131. The molecule has 10 heteroatoms. The highest BCUT2D eigenvalue weighted by Gasteiger charge is 2.25. The smallest absolute Gasteiger partial charge is 0.238 e. The highest BCUT2D eigenvalue weighted by molar-refractivity contribution is 7.88. The van der Waals surface area contributed by atoms with Crippen molar-refractivity contribution in [3.05, 3.63) is 41.7 Å².